The van der Waals surface area contributed by atoms with Crippen LogP contribution in [-0.2, 0) is 20.2 Å². The van der Waals surface area contributed by atoms with Crippen LogP contribution in [0.5, 0.6) is 11.5 Å². The molecule has 0 spiro atoms. The fourth-order valence-electron chi connectivity index (χ4n) is 3.29. The average Bonchev–Trinajstić information content (AvgIpc) is 2.72. The lowest BCUT2D eigenvalue weighted by Crippen LogP contribution is -2.04. The van der Waals surface area contributed by atoms with Crippen molar-refractivity contribution in [2.75, 3.05) is 12.3 Å². The molecular weight excluding hydrogens is 486 g/mol. The molecule has 0 aliphatic heterocycles. The Morgan fingerprint density at radius 2 is 1.68 bits per heavy atom. The number of fused-ring (bicyclic) bond motifs is 1. The molecule has 0 heterocycles. The molecule has 34 heavy (non-hydrogen) atoms. The molecule has 0 amide bonds. The molecule has 13 heteroatoms. The number of nitrogen functional groups attached to an aromatic ring is 1. The normalized spacial score (nSPS) is 12.5. The van der Waals surface area contributed by atoms with Gasteiger partial charge in [0.1, 0.15) is 26.9 Å². The minimum Gasteiger partial charge on any atom is -0.505 e. The Morgan fingerprint density at radius 3 is 2.29 bits per heavy atom. The summed E-state index contributed by atoms with van der Waals surface area (Å²) >= 11 is 0. The van der Waals surface area contributed by atoms with E-state index in [1.54, 1.807) is 0 Å². The minimum absolute atomic E-state index is 0.0241. The van der Waals surface area contributed by atoms with Gasteiger partial charge in [-0.2, -0.15) is 16.8 Å². The topological polar surface area (TPSA) is 189 Å². The molecule has 0 aromatic heterocycles. The molecule has 0 atom stereocenters. The van der Waals surface area contributed by atoms with Crippen molar-refractivity contribution in [3.63, 3.8) is 0 Å². The van der Waals surface area contributed by atoms with E-state index in [-0.39, 0.29) is 39.1 Å². The first kappa shape index (κ1) is 25.4. The lowest BCUT2D eigenvalue weighted by atomic mass is 10.0. The predicted molar refractivity (Wildman–Crippen MR) is 125 cm³/mol. The maximum Gasteiger partial charge on any atom is 0.297 e. The lowest BCUT2D eigenvalue weighted by Gasteiger charge is -2.12. The molecule has 5 N–H and O–H groups in total. The number of hydrogen-bond acceptors (Lipinski definition) is 9. The first-order valence-corrected chi connectivity index (χ1v) is 12.9. The number of hydrogen-bond donors (Lipinski definition) is 4. The molecular formula is C21H23N3O8S2. The van der Waals surface area contributed by atoms with Crippen molar-refractivity contribution >= 4 is 48.1 Å². The maximum absolute atomic E-state index is 11.9. The zero-order valence-corrected chi connectivity index (χ0v) is 19.9. The number of azo groups is 1. The molecule has 0 saturated heterocycles. The molecule has 11 nitrogen and oxygen atoms in total. The van der Waals surface area contributed by atoms with E-state index < -0.39 is 35.8 Å². The van der Waals surface area contributed by atoms with Crippen molar-refractivity contribution in [1.29, 1.82) is 0 Å². The molecule has 0 radical (unpaired) electrons. The zero-order chi connectivity index (χ0) is 25.3. The van der Waals surface area contributed by atoms with Gasteiger partial charge in [-0.1, -0.05) is 13.3 Å². The van der Waals surface area contributed by atoms with Gasteiger partial charge < -0.3 is 15.6 Å². The van der Waals surface area contributed by atoms with Crippen LogP contribution in [0.2, 0.25) is 0 Å². The van der Waals surface area contributed by atoms with Gasteiger partial charge >= 0.3 is 0 Å². The molecule has 0 aliphatic rings. The largest absolute Gasteiger partial charge is 0.505 e. The van der Waals surface area contributed by atoms with E-state index in [0.717, 1.165) is 18.9 Å². The van der Waals surface area contributed by atoms with E-state index in [4.69, 9.17) is 10.5 Å². The highest BCUT2D eigenvalue weighted by Crippen LogP contribution is 2.42. The molecule has 0 unspecified atom stereocenters. The number of nitrogens with two attached hydrogens (primary N) is 1. The first-order chi connectivity index (χ1) is 15.8. The van der Waals surface area contributed by atoms with Crippen LogP contribution in [0.4, 0.5) is 17.1 Å². The number of anilines is 1. The fourth-order valence-corrected chi connectivity index (χ4v) is 4.74. The van der Waals surface area contributed by atoms with E-state index in [0.29, 0.717) is 6.61 Å². The Labute approximate surface area is 196 Å². The molecule has 0 aliphatic carbocycles. The number of unbranched alkanes of at least 4 members (excludes halogenated alkanes) is 1. The highest BCUT2D eigenvalue weighted by atomic mass is 32.2. The number of ether oxygens (including phenoxy) is 1. The van der Waals surface area contributed by atoms with Crippen LogP contribution in [0.1, 0.15) is 25.3 Å². The Morgan fingerprint density at radius 1 is 0.971 bits per heavy atom. The first-order valence-electron chi connectivity index (χ1n) is 10.0. The third-order valence-corrected chi connectivity index (χ3v) is 6.79. The van der Waals surface area contributed by atoms with E-state index in [2.05, 4.69) is 10.2 Å². The smallest absolute Gasteiger partial charge is 0.297 e. The molecule has 182 valence electrons. The van der Waals surface area contributed by atoms with Crippen molar-refractivity contribution in [3.05, 3.63) is 42.0 Å². The summed E-state index contributed by atoms with van der Waals surface area (Å²) in [6.45, 7) is 3.83. The third-order valence-electron chi connectivity index (χ3n) is 4.93. The zero-order valence-electron chi connectivity index (χ0n) is 18.3. The van der Waals surface area contributed by atoms with Gasteiger partial charge in [-0.3, -0.25) is 9.11 Å². The van der Waals surface area contributed by atoms with Gasteiger partial charge in [0.05, 0.1) is 12.3 Å². The van der Waals surface area contributed by atoms with Gasteiger partial charge in [0, 0.05) is 16.8 Å². The molecule has 0 fully saturated rings. The Balaban J connectivity index is 2.12. The number of aryl methyl sites for hydroxylation is 1. The predicted octanol–water partition coefficient (Wildman–Crippen LogP) is 4.52. The SMILES string of the molecule is CCCCOc1ccc(N=Nc2c(C)cc3c(S(=O)(=O)O)c(N)ccc3c2O)c(S(=O)(=O)O)c1. The van der Waals surface area contributed by atoms with Gasteiger partial charge in [0.25, 0.3) is 20.2 Å². The summed E-state index contributed by atoms with van der Waals surface area (Å²) in [5.41, 5.74) is 5.47. The number of aromatic hydroxyl groups is 1. The summed E-state index contributed by atoms with van der Waals surface area (Å²) in [7, 11) is -9.37. The second-order valence-electron chi connectivity index (χ2n) is 7.45. The summed E-state index contributed by atoms with van der Waals surface area (Å²) in [6.07, 6.45) is 1.64. The second-order valence-corrected chi connectivity index (χ2v) is 10.2. The van der Waals surface area contributed by atoms with Gasteiger partial charge in [-0.05, 0) is 49.2 Å². The highest BCUT2D eigenvalue weighted by molar-refractivity contribution is 7.86. The minimum atomic E-state index is -4.69. The van der Waals surface area contributed by atoms with Crippen LogP contribution >= 0.6 is 0 Å². The number of rotatable bonds is 8. The average molecular weight is 510 g/mol. The Hall–Kier alpha value is -3.26. The summed E-state index contributed by atoms with van der Waals surface area (Å²) in [6, 6.07) is 7.77. The number of phenols is 1. The molecule has 0 saturated carbocycles. The molecule has 3 rings (SSSR count). The number of phenolic OH excluding ortho intramolecular Hbond substituents is 1. The fraction of sp³-hybridized carbons (Fsp3) is 0.238. The van der Waals surface area contributed by atoms with Crippen molar-refractivity contribution in [2.24, 2.45) is 10.2 Å². The second kappa shape index (κ2) is 9.54. The van der Waals surface area contributed by atoms with E-state index in [1.165, 1.54) is 37.3 Å². The molecule has 0 bridgehead atoms. The van der Waals surface area contributed by atoms with Gasteiger partial charge in [0.15, 0.2) is 5.75 Å². The molecule has 3 aromatic rings. The summed E-state index contributed by atoms with van der Waals surface area (Å²) in [5, 5.41) is 18.5. The summed E-state index contributed by atoms with van der Waals surface area (Å²) in [4.78, 5) is -1.09. The number of benzene rings is 3. The van der Waals surface area contributed by atoms with Crippen molar-refractivity contribution in [1.82, 2.24) is 0 Å². The third kappa shape index (κ3) is 5.28. The summed E-state index contributed by atoms with van der Waals surface area (Å²) < 4.78 is 72.0. The lowest BCUT2D eigenvalue weighted by molar-refractivity contribution is 0.308. The van der Waals surface area contributed by atoms with Crippen LogP contribution in [0, 0.1) is 6.92 Å². The quantitative estimate of drug-likeness (QED) is 0.146. The number of nitrogens with zero attached hydrogens (tertiary/aromatic N) is 2. The monoisotopic (exact) mass is 509 g/mol. The van der Waals surface area contributed by atoms with Crippen molar-refractivity contribution in [3.8, 4) is 11.5 Å². The van der Waals surface area contributed by atoms with Crippen LogP contribution in [-0.4, -0.2) is 37.7 Å². The standard InChI is InChI=1S/C21H23N3O8S2/c1-3-4-9-32-13-5-8-17(18(11-13)33(26,27)28)23-24-19-12(2)10-15-14(20(19)25)6-7-16(22)21(15)34(29,30)31/h5-8,10-11,25H,3-4,9,22H2,1-2H3,(H,26,27,28)(H,29,30,31). The van der Waals surface area contributed by atoms with Gasteiger partial charge in [-0.15, -0.1) is 10.2 Å². The summed E-state index contributed by atoms with van der Waals surface area (Å²) in [5.74, 6) is -0.239. The molecule has 3 aromatic carbocycles. The highest BCUT2D eigenvalue weighted by Gasteiger charge is 2.22. The Kier molecular flexibility index (Phi) is 7.12. The van der Waals surface area contributed by atoms with E-state index >= 15 is 0 Å². The van der Waals surface area contributed by atoms with E-state index in [9.17, 15) is 31.0 Å². The maximum atomic E-state index is 11.9. The van der Waals surface area contributed by atoms with Crippen molar-refractivity contribution in [2.45, 2.75) is 36.5 Å². The van der Waals surface area contributed by atoms with Crippen LogP contribution in [0.3, 0.4) is 0 Å². The van der Waals surface area contributed by atoms with Crippen LogP contribution < -0.4 is 10.5 Å². The Bertz CT molecular complexity index is 1500. The van der Waals surface area contributed by atoms with Gasteiger partial charge in [-0.25, -0.2) is 0 Å². The van der Waals surface area contributed by atoms with Crippen LogP contribution in [0.15, 0.2) is 56.4 Å². The van der Waals surface area contributed by atoms with Crippen LogP contribution in [0.25, 0.3) is 10.8 Å². The van der Waals surface area contributed by atoms with E-state index in [1.807, 2.05) is 6.92 Å². The van der Waals surface area contributed by atoms with Gasteiger partial charge in [0.2, 0.25) is 0 Å². The van der Waals surface area contributed by atoms with Crippen molar-refractivity contribution < 1.29 is 35.8 Å².